The zero-order valence-electron chi connectivity index (χ0n) is 15.3. The van der Waals surface area contributed by atoms with Crippen LogP contribution in [-0.4, -0.2) is 54.0 Å². The van der Waals surface area contributed by atoms with Crippen molar-refractivity contribution in [2.75, 3.05) is 25.9 Å². The topological polar surface area (TPSA) is 110 Å². The zero-order chi connectivity index (χ0) is 19.2. The van der Waals surface area contributed by atoms with Crippen molar-refractivity contribution in [3.63, 3.8) is 0 Å². The number of aromatic nitrogens is 3. The highest BCUT2D eigenvalue weighted by Gasteiger charge is 2.40. The molecular weight excluding hydrogens is 370 g/mol. The number of pyridine rings is 1. The number of likely N-dealkylation sites (tertiary alicyclic amines) is 1. The van der Waals surface area contributed by atoms with Crippen LogP contribution in [0.15, 0.2) is 27.4 Å². The van der Waals surface area contributed by atoms with E-state index in [0.717, 1.165) is 31.5 Å². The Kier molecular flexibility index (Phi) is 4.65. The minimum absolute atomic E-state index is 0.0801. The standard InChI is InChI=1S/C17H23N5O4S/c1-11-19-20-16(26-11)10-21-8-12-6-13(9-21)15(7-18-27(2,24)25)22-14(12)4-3-5-17(22)23/h3-5,12-13,15,18H,6-10H2,1-2H3/t12-,13+,15+/m1/s1. The van der Waals surface area contributed by atoms with Crippen LogP contribution in [-0.2, 0) is 16.6 Å². The van der Waals surface area contributed by atoms with E-state index in [1.807, 2.05) is 6.07 Å². The minimum atomic E-state index is -3.34. The quantitative estimate of drug-likeness (QED) is 0.775. The van der Waals surface area contributed by atoms with Crippen molar-refractivity contribution in [1.29, 1.82) is 0 Å². The Balaban J connectivity index is 1.64. The molecule has 2 bridgehead atoms. The summed E-state index contributed by atoms with van der Waals surface area (Å²) in [5, 5.41) is 7.95. The summed E-state index contributed by atoms with van der Waals surface area (Å²) in [5.74, 6) is 1.49. The summed E-state index contributed by atoms with van der Waals surface area (Å²) in [6.07, 6.45) is 2.07. The highest BCUT2D eigenvalue weighted by Crippen LogP contribution is 2.41. The molecule has 4 heterocycles. The van der Waals surface area contributed by atoms with Gasteiger partial charge in [0.1, 0.15) is 0 Å². The van der Waals surface area contributed by atoms with Crippen molar-refractivity contribution in [3.8, 4) is 0 Å². The highest BCUT2D eigenvalue weighted by atomic mass is 32.2. The molecule has 0 aliphatic carbocycles. The molecule has 2 aromatic heterocycles. The van der Waals surface area contributed by atoms with Crippen molar-refractivity contribution < 1.29 is 12.8 Å². The van der Waals surface area contributed by atoms with Crippen molar-refractivity contribution >= 4 is 10.0 Å². The predicted molar refractivity (Wildman–Crippen MR) is 97.7 cm³/mol. The van der Waals surface area contributed by atoms with Gasteiger partial charge in [-0.1, -0.05) is 6.07 Å². The van der Waals surface area contributed by atoms with Crippen molar-refractivity contribution in [2.45, 2.75) is 31.8 Å². The first-order valence-corrected chi connectivity index (χ1v) is 10.9. The third-order valence-corrected chi connectivity index (χ3v) is 6.05. The van der Waals surface area contributed by atoms with E-state index in [-0.39, 0.29) is 30.0 Å². The van der Waals surface area contributed by atoms with Gasteiger partial charge in [0.15, 0.2) is 0 Å². The summed E-state index contributed by atoms with van der Waals surface area (Å²) >= 11 is 0. The van der Waals surface area contributed by atoms with Crippen LogP contribution in [0.4, 0.5) is 0 Å². The molecule has 0 amide bonds. The number of fused-ring (bicyclic) bond motifs is 4. The SMILES string of the molecule is Cc1nnc(CN2C[C@H]3C[C@@H](C2)[C@H](CNS(C)(=O)=O)n2c3cccc2=O)o1. The van der Waals surface area contributed by atoms with Crippen LogP contribution in [0.3, 0.4) is 0 Å². The van der Waals surface area contributed by atoms with Crippen LogP contribution in [0.25, 0.3) is 0 Å². The summed E-state index contributed by atoms with van der Waals surface area (Å²) in [6.45, 7) is 4.07. The fraction of sp³-hybridized carbons (Fsp3) is 0.588. The summed E-state index contributed by atoms with van der Waals surface area (Å²) in [4.78, 5) is 14.8. The number of piperidine rings is 1. The van der Waals surface area contributed by atoms with E-state index >= 15 is 0 Å². The van der Waals surface area contributed by atoms with Crippen molar-refractivity contribution in [3.05, 3.63) is 46.0 Å². The molecule has 146 valence electrons. The fourth-order valence-electron chi connectivity index (χ4n) is 4.36. The molecule has 4 rings (SSSR count). The van der Waals surface area contributed by atoms with Crippen molar-refractivity contribution in [1.82, 2.24) is 24.4 Å². The Morgan fingerprint density at radius 1 is 1.30 bits per heavy atom. The maximum atomic E-state index is 12.5. The van der Waals surface area contributed by atoms with Crippen LogP contribution in [0.5, 0.6) is 0 Å². The normalized spacial score (nSPS) is 25.3. The molecule has 2 aliphatic heterocycles. The maximum absolute atomic E-state index is 12.5. The lowest BCUT2D eigenvalue weighted by atomic mass is 9.78. The fourth-order valence-corrected chi connectivity index (χ4v) is 4.83. The molecule has 0 aromatic carbocycles. The maximum Gasteiger partial charge on any atom is 0.251 e. The first kappa shape index (κ1) is 18.3. The van der Waals surface area contributed by atoms with E-state index in [4.69, 9.17) is 4.42 Å². The molecule has 9 nitrogen and oxygen atoms in total. The van der Waals surface area contributed by atoms with Crippen LogP contribution >= 0.6 is 0 Å². The molecule has 3 atom stereocenters. The van der Waals surface area contributed by atoms with Crippen LogP contribution in [0, 0.1) is 12.8 Å². The summed E-state index contributed by atoms with van der Waals surface area (Å²) in [5.41, 5.74) is 0.883. The molecule has 1 N–H and O–H groups in total. The molecule has 2 aromatic rings. The van der Waals surface area contributed by atoms with Crippen LogP contribution < -0.4 is 10.3 Å². The average molecular weight is 393 g/mol. The summed E-state index contributed by atoms with van der Waals surface area (Å²) in [6, 6.07) is 5.06. The second kappa shape index (κ2) is 6.84. The number of rotatable bonds is 5. The lowest BCUT2D eigenvalue weighted by Gasteiger charge is -2.46. The van der Waals surface area contributed by atoms with E-state index in [9.17, 15) is 13.2 Å². The summed E-state index contributed by atoms with van der Waals surface area (Å²) < 4.78 is 33.1. The minimum Gasteiger partial charge on any atom is -0.424 e. The van der Waals surface area contributed by atoms with Gasteiger partial charge in [-0.15, -0.1) is 10.2 Å². The number of hydrogen-bond acceptors (Lipinski definition) is 7. The molecule has 27 heavy (non-hydrogen) atoms. The molecule has 0 radical (unpaired) electrons. The zero-order valence-corrected chi connectivity index (χ0v) is 16.1. The molecule has 1 fully saturated rings. The highest BCUT2D eigenvalue weighted by molar-refractivity contribution is 7.88. The lowest BCUT2D eigenvalue weighted by Crippen LogP contribution is -2.51. The number of sulfonamides is 1. The molecule has 2 aliphatic rings. The first-order chi connectivity index (χ1) is 12.8. The first-order valence-electron chi connectivity index (χ1n) is 8.97. The van der Waals surface area contributed by atoms with Gasteiger partial charge in [0, 0.05) is 44.2 Å². The van der Waals surface area contributed by atoms with Crippen LogP contribution in [0.2, 0.25) is 0 Å². The number of aryl methyl sites for hydroxylation is 1. The van der Waals surface area contributed by atoms with Gasteiger partial charge in [0.2, 0.25) is 21.8 Å². The molecule has 0 spiro atoms. The second-order valence-corrected chi connectivity index (χ2v) is 9.28. The van der Waals surface area contributed by atoms with E-state index in [0.29, 0.717) is 18.3 Å². The van der Waals surface area contributed by atoms with Gasteiger partial charge in [-0.3, -0.25) is 9.69 Å². The smallest absolute Gasteiger partial charge is 0.251 e. The van der Waals surface area contributed by atoms with E-state index in [2.05, 4.69) is 19.8 Å². The van der Waals surface area contributed by atoms with Gasteiger partial charge in [-0.05, 0) is 18.4 Å². The van der Waals surface area contributed by atoms with Gasteiger partial charge in [0.05, 0.1) is 18.8 Å². The molecule has 10 heteroatoms. The monoisotopic (exact) mass is 393 g/mol. The van der Waals surface area contributed by atoms with Gasteiger partial charge in [0.25, 0.3) is 5.56 Å². The molecular formula is C17H23N5O4S. The van der Waals surface area contributed by atoms with Gasteiger partial charge < -0.3 is 8.98 Å². The Labute approximate surface area is 157 Å². The Hall–Kier alpha value is -2.04. The summed E-state index contributed by atoms with van der Waals surface area (Å²) in [7, 11) is -3.34. The second-order valence-electron chi connectivity index (χ2n) is 7.45. The van der Waals surface area contributed by atoms with Gasteiger partial charge >= 0.3 is 0 Å². The van der Waals surface area contributed by atoms with Gasteiger partial charge in [-0.2, -0.15) is 0 Å². The van der Waals surface area contributed by atoms with E-state index < -0.39 is 10.0 Å². The van der Waals surface area contributed by atoms with Crippen molar-refractivity contribution in [2.24, 2.45) is 5.92 Å². The predicted octanol–water partition coefficient (Wildman–Crippen LogP) is 0.249. The Morgan fingerprint density at radius 2 is 2.11 bits per heavy atom. The van der Waals surface area contributed by atoms with Crippen LogP contribution in [0.1, 0.15) is 35.9 Å². The number of hydrogen-bond donors (Lipinski definition) is 1. The number of nitrogens with one attached hydrogen (secondary N) is 1. The Morgan fingerprint density at radius 3 is 2.81 bits per heavy atom. The molecule has 0 saturated carbocycles. The van der Waals surface area contributed by atoms with E-state index in [1.54, 1.807) is 17.6 Å². The lowest BCUT2D eigenvalue weighted by molar-refractivity contribution is 0.0805. The van der Waals surface area contributed by atoms with Gasteiger partial charge in [-0.25, -0.2) is 13.1 Å². The Bertz CT molecular complexity index is 999. The largest absolute Gasteiger partial charge is 0.424 e. The average Bonchev–Trinajstić information content (AvgIpc) is 2.99. The molecule has 0 unspecified atom stereocenters. The van der Waals surface area contributed by atoms with E-state index in [1.165, 1.54) is 6.07 Å². The number of nitrogens with zero attached hydrogens (tertiary/aromatic N) is 4. The third kappa shape index (κ3) is 3.83. The molecule has 1 saturated heterocycles. The third-order valence-electron chi connectivity index (χ3n) is 5.36.